The summed E-state index contributed by atoms with van der Waals surface area (Å²) < 4.78 is 13.7. The summed E-state index contributed by atoms with van der Waals surface area (Å²) in [5.41, 5.74) is 3.77. The zero-order valence-electron chi connectivity index (χ0n) is 12.9. The lowest BCUT2D eigenvalue weighted by Gasteiger charge is -2.16. The predicted molar refractivity (Wildman–Crippen MR) is 87.6 cm³/mol. The Labute approximate surface area is 135 Å². The number of hydrogen-bond donors (Lipinski definition) is 1. The van der Waals surface area contributed by atoms with Crippen LogP contribution in [0.15, 0.2) is 36.4 Å². The molecule has 0 aromatic heterocycles. The van der Waals surface area contributed by atoms with E-state index in [1.807, 2.05) is 32.9 Å². The molecule has 0 aliphatic carbocycles. The molecule has 1 atom stereocenters. The third-order valence-electron chi connectivity index (χ3n) is 3.77. The van der Waals surface area contributed by atoms with E-state index in [0.717, 1.165) is 5.56 Å². The molecular formula is C18H19ClFNO. The summed E-state index contributed by atoms with van der Waals surface area (Å²) in [6.07, 6.45) is -0.00180. The Morgan fingerprint density at radius 3 is 2.55 bits per heavy atom. The van der Waals surface area contributed by atoms with Gasteiger partial charge in [-0.05, 0) is 55.2 Å². The number of rotatable bonds is 4. The third-order valence-corrected chi connectivity index (χ3v) is 4.01. The summed E-state index contributed by atoms with van der Waals surface area (Å²) in [6.45, 7) is 6.00. The number of aryl methyl sites for hydroxylation is 2. The molecule has 1 N–H and O–H groups in total. The van der Waals surface area contributed by atoms with Crippen molar-refractivity contribution in [1.29, 1.82) is 0 Å². The minimum Gasteiger partial charge on any atom is -0.349 e. The number of amides is 1. The maximum absolute atomic E-state index is 13.7. The van der Waals surface area contributed by atoms with Crippen molar-refractivity contribution in [1.82, 2.24) is 5.32 Å². The number of carbonyl (C=O) groups excluding carboxylic acids is 1. The SMILES string of the molecule is Cc1ccc(C(C)NC(=O)Cc2ccc(Cl)cc2F)cc1C. The van der Waals surface area contributed by atoms with Gasteiger partial charge in [-0.25, -0.2) is 4.39 Å². The van der Waals surface area contributed by atoms with Gasteiger partial charge >= 0.3 is 0 Å². The minimum atomic E-state index is -0.457. The molecule has 2 aromatic carbocycles. The van der Waals surface area contributed by atoms with Crippen LogP contribution in [0.2, 0.25) is 5.02 Å². The smallest absolute Gasteiger partial charge is 0.225 e. The largest absolute Gasteiger partial charge is 0.349 e. The van der Waals surface area contributed by atoms with Crippen LogP contribution in [-0.2, 0) is 11.2 Å². The first-order valence-corrected chi connectivity index (χ1v) is 7.55. The molecule has 2 aromatic rings. The standard InChI is InChI=1S/C18H19ClFNO/c1-11-4-5-14(8-12(11)2)13(3)21-18(22)9-15-6-7-16(19)10-17(15)20/h4-8,10,13H,9H2,1-3H3,(H,21,22). The first-order valence-electron chi connectivity index (χ1n) is 7.17. The van der Waals surface area contributed by atoms with Gasteiger partial charge in [0.2, 0.25) is 5.91 Å². The Morgan fingerprint density at radius 2 is 1.91 bits per heavy atom. The van der Waals surface area contributed by atoms with E-state index in [9.17, 15) is 9.18 Å². The van der Waals surface area contributed by atoms with Gasteiger partial charge in [-0.1, -0.05) is 35.9 Å². The van der Waals surface area contributed by atoms with Gasteiger partial charge in [-0.2, -0.15) is 0 Å². The number of halogens is 2. The van der Waals surface area contributed by atoms with Gasteiger partial charge in [0.1, 0.15) is 5.82 Å². The molecule has 0 radical (unpaired) electrons. The molecule has 4 heteroatoms. The molecule has 0 spiro atoms. The lowest BCUT2D eigenvalue weighted by molar-refractivity contribution is -0.121. The summed E-state index contributed by atoms with van der Waals surface area (Å²) in [5.74, 6) is -0.673. The maximum Gasteiger partial charge on any atom is 0.225 e. The molecule has 22 heavy (non-hydrogen) atoms. The predicted octanol–water partition coefficient (Wildman–Crippen LogP) is 4.52. The molecule has 0 bridgehead atoms. The van der Waals surface area contributed by atoms with E-state index in [1.165, 1.54) is 23.3 Å². The van der Waals surface area contributed by atoms with Crippen LogP contribution < -0.4 is 5.32 Å². The maximum atomic E-state index is 13.7. The van der Waals surface area contributed by atoms with Crippen LogP contribution in [0.4, 0.5) is 4.39 Å². The molecule has 0 aliphatic rings. The van der Waals surface area contributed by atoms with Crippen LogP contribution >= 0.6 is 11.6 Å². The molecule has 0 heterocycles. The summed E-state index contributed by atoms with van der Waals surface area (Å²) >= 11 is 5.70. The fourth-order valence-corrected chi connectivity index (χ4v) is 2.41. The van der Waals surface area contributed by atoms with E-state index in [-0.39, 0.29) is 18.4 Å². The molecule has 1 unspecified atom stereocenters. The van der Waals surface area contributed by atoms with Gasteiger partial charge in [0, 0.05) is 5.02 Å². The van der Waals surface area contributed by atoms with Crippen LogP contribution in [0.3, 0.4) is 0 Å². The second kappa shape index (κ2) is 6.93. The van der Waals surface area contributed by atoms with E-state index in [0.29, 0.717) is 10.6 Å². The number of hydrogen-bond acceptors (Lipinski definition) is 1. The quantitative estimate of drug-likeness (QED) is 0.882. The average molecular weight is 320 g/mol. The summed E-state index contributed by atoms with van der Waals surface area (Å²) in [5, 5.41) is 3.22. The van der Waals surface area contributed by atoms with Crippen LogP contribution in [0.5, 0.6) is 0 Å². The van der Waals surface area contributed by atoms with Crippen LogP contribution in [0.1, 0.15) is 35.2 Å². The van der Waals surface area contributed by atoms with Crippen LogP contribution in [-0.4, -0.2) is 5.91 Å². The van der Waals surface area contributed by atoms with Gasteiger partial charge in [0.15, 0.2) is 0 Å². The summed E-state index contributed by atoms with van der Waals surface area (Å²) in [7, 11) is 0. The Bertz CT molecular complexity index is 699. The Morgan fingerprint density at radius 1 is 1.18 bits per heavy atom. The zero-order chi connectivity index (χ0) is 16.3. The summed E-state index contributed by atoms with van der Waals surface area (Å²) in [4.78, 5) is 12.1. The van der Waals surface area contributed by atoms with Gasteiger partial charge in [-0.3, -0.25) is 4.79 Å². The van der Waals surface area contributed by atoms with Crippen molar-refractivity contribution in [3.8, 4) is 0 Å². The highest BCUT2D eigenvalue weighted by Crippen LogP contribution is 2.18. The molecule has 116 valence electrons. The number of carbonyl (C=O) groups is 1. The highest BCUT2D eigenvalue weighted by molar-refractivity contribution is 6.30. The Balaban J connectivity index is 2.03. The Hall–Kier alpha value is -1.87. The number of benzene rings is 2. The van der Waals surface area contributed by atoms with Crippen molar-refractivity contribution in [2.75, 3.05) is 0 Å². The van der Waals surface area contributed by atoms with E-state index in [1.54, 1.807) is 6.07 Å². The summed E-state index contributed by atoms with van der Waals surface area (Å²) in [6, 6.07) is 10.3. The lowest BCUT2D eigenvalue weighted by Crippen LogP contribution is -2.28. The minimum absolute atomic E-state index is 0.00180. The molecule has 1 amide bonds. The van der Waals surface area contributed by atoms with Crippen LogP contribution in [0.25, 0.3) is 0 Å². The molecular weight excluding hydrogens is 301 g/mol. The third kappa shape index (κ3) is 4.08. The van der Waals surface area contributed by atoms with Gasteiger partial charge in [0.05, 0.1) is 12.5 Å². The fraction of sp³-hybridized carbons (Fsp3) is 0.278. The van der Waals surface area contributed by atoms with Crippen molar-refractivity contribution in [2.24, 2.45) is 0 Å². The normalized spacial score (nSPS) is 12.0. The Kier molecular flexibility index (Phi) is 5.19. The van der Waals surface area contributed by atoms with E-state index in [4.69, 9.17) is 11.6 Å². The first kappa shape index (κ1) is 16.5. The highest BCUT2D eigenvalue weighted by atomic mass is 35.5. The molecule has 0 saturated carbocycles. The average Bonchev–Trinajstić information content (AvgIpc) is 2.45. The van der Waals surface area contributed by atoms with Gasteiger partial charge in [-0.15, -0.1) is 0 Å². The zero-order valence-corrected chi connectivity index (χ0v) is 13.7. The van der Waals surface area contributed by atoms with Crippen molar-refractivity contribution in [3.05, 3.63) is 69.5 Å². The first-order chi connectivity index (χ1) is 10.4. The number of nitrogens with one attached hydrogen (secondary N) is 1. The molecule has 2 rings (SSSR count). The second-order valence-electron chi connectivity index (χ2n) is 5.55. The van der Waals surface area contributed by atoms with Crippen molar-refractivity contribution in [2.45, 2.75) is 33.2 Å². The lowest BCUT2D eigenvalue weighted by atomic mass is 10.0. The van der Waals surface area contributed by atoms with Crippen molar-refractivity contribution in [3.63, 3.8) is 0 Å². The second-order valence-corrected chi connectivity index (χ2v) is 5.98. The monoisotopic (exact) mass is 319 g/mol. The molecule has 2 nitrogen and oxygen atoms in total. The van der Waals surface area contributed by atoms with Gasteiger partial charge in [0.25, 0.3) is 0 Å². The molecule has 0 fully saturated rings. The van der Waals surface area contributed by atoms with E-state index in [2.05, 4.69) is 11.4 Å². The van der Waals surface area contributed by atoms with Crippen molar-refractivity contribution < 1.29 is 9.18 Å². The molecule has 0 saturated heterocycles. The van der Waals surface area contributed by atoms with Crippen molar-refractivity contribution >= 4 is 17.5 Å². The highest BCUT2D eigenvalue weighted by Gasteiger charge is 2.13. The fourth-order valence-electron chi connectivity index (χ4n) is 2.25. The molecule has 0 aliphatic heterocycles. The van der Waals surface area contributed by atoms with E-state index < -0.39 is 5.82 Å². The van der Waals surface area contributed by atoms with Crippen LogP contribution in [0, 0.1) is 19.7 Å². The van der Waals surface area contributed by atoms with Gasteiger partial charge < -0.3 is 5.32 Å². The van der Waals surface area contributed by atoms with E-state index >= 15 is 0 Å². The topological polar surface area (TPSA) is 29.1 Å².